The van der Waals surface area contributed by atoms with Crippen molar-refractivity contribution < 1.29 is 14.0 Å². The first-order valence-electron chi connectivity index (χ1n) is 6.17. The van der Waals surface area contributed by atoms with Crippen molar-refractivity contribution in [3.05, 3.63) is 24.3 Å². The van der Waals surface area contributed by atoms with E-state index in [-0.39, 0.29) is 0 Å². The van der Waals surface area contributed by atoms with Gasteiger partial charge in [0.05, 0.1) is 20.3 Å². The molecule has 19 heavy (non-hydrogen) atoms. The maximum Gasteiger partial charge on any atom is 0.324 e. The number of anilines is 1. The van der Waals surface area contributed by atoms with Crippen LogP contribution in [-0.2, 0) is 4.74 Å². The molecule has 3 rings (SSSR count). The van der Waals surface area contributed by atoms with Crippen LogP contribution in [0.4, 0.5) is 6.01 Å². The molecule has 0 unspecified atom stereocenters. The molecule has 2 heterocycles. The minimum atomic E-state index is 0.543. The third-order valence-corrected chi connectivity index (χ3v) is 3.02. The average molecular weight is 261 g/mol. The standard InChI is InChI=1S/C13H15N3O3/c1-17-11-4-2-3-10(9-11)12-14-13(19-15-12)16-5-7-18-8-6-16/h2-4,9H,5-8H2,1H3. The Morgan fingerprint density at radius 2 is 2.11 bits per heavy atom. The summed E-state index contributed by atoms with van der Waals surface area (Å²) in [6.07, 6.45) is 0. The van der Waals surface area contributed by atoms with E-state index in [2.05, 4.69) is 10.1 Å². The van der Waals surface area contributed by atoms with Gasteiger partial charge in [0.2, 0.25) is 5.82 Å². The third-order valence-electron chi connectivity index (χ3n) is 3.02. The van der Waals surface area contributed by atoms with Crippen LogP contribution in [0.2, 0.25) is 0 Å². The Labute approximate surface area is 110 Å². The highest BCUT2D eigenvalue weighted by molar-refractivity contribution is 5.58. The van der Waals surface area contributed by atoms with Crippen molar-refractivity contribution in [1.29, 1.82) is 0 Å². The zero-order valence-electron chi connectivity index (χ0n) is 10.7. The molecule has 0 amide bonds. The summed E-state index contributed by atoms with van der Waals surface area (Å²) in [5, 5.41) is 4.01. The van der Waals surface area contributed by atoms with Crippen molar-refractivity contribution >= 4 is 6.01 Å². The molecule has 1 aliphatic heterocycles. The van der Waals surface area contributed by atoms with Gasteiger partial charge < -0.3 is 18.9 Å². The SMILES string of the molecule is COc1cccc(-c2noc(N3CCOCC3)n2)c1. The number of ether oxygens (including phenoxy) is 2. The van der Waals surface area contributed by atoms with E-state index >= 15 is 0 Å². The molecule has 1 aromatic carbocycles. The summed E-state index contributed by atoms with van der Waals surface area (Å²) in [5.41, 5.74) is 0.877. The predicted molar refractivity (Wildman–Crippen MR) is 69.3 cm³/mol. The maximum atomic E-state index is 5.30. The van der Waals surface area contributed by atoms with Crippen LogP contribution in [0.1, 0.15) is 0 Å². The van der Waals surface area contributed by atoms with E-state index in [0.717, 1.165) is 24.4 Å². The van der Waals surface area contributed by atoms with E-state index in [4.69, 9.17) is 14.0 Å². The van der Waals surface area contributed by atoms with Gasteiger partial charge >= 0.3 is 6.01 Å². The van der Waals surface area contributed by atoms with Crippen LogP contribution < -0.4 is 9.64 Å². The topological polar surface area (TPSA) is 60.6 Å². The summed E-state index contributed by atoms with van der Waals surface area (Å²) in [6, 6.07) is 8.14. The van der Waals surface area contributed by atoms with Gasteiger partial charge in [-0.05, 0) is 12.1 Å². The quantitative estimate of drug-likeness (QED) is 0.836. The molecule has 1 aromatic heterocycles. The normalized spacial score (nSPS) is 15.5. The second-order valence-electron chi connectivity index (χ2n) is 4.23. The Morgan fingerprint density at radius 1 is 1.26 bits per heavy atom. The van der Waals surface area contributed by atoms with Crippen molar-refractivity contribution in [2.45, 2.75) is 0 Å². The predicted octanol–water partition coefficient (Wildman–Crippen LogP) is 1.58. The van der Waals surface area contributed by atoms with Crippen LogP contribution in [-0.4, -0.2) is 43.6 Å². The smallest absolute Gasteiger partial charge is 0.324 e. The Hall–Kier alpha value is -2.08. The van der Waals surface area contributed by atoms with Gasteiger partial charge in [0.1, 0.15) is 5.75 Å². The van der Waals surface area contributed by atoms with Crippen LogP contribution in [0.15, 0.2) is 28.8 Å². The molecule has 1 aliphatic rings. The molecule has 0 aliphatic carbocycles. The molecule has 1 saturated heterocycles. The van der Waals surface area contributed by atoms with Gasteiger partial charge in [-0.1, -0.05) is 17.3 Å². The van der Waals surface area contributed by atoms with Crippen molar-refractivity contribution in [1.82, 2.24) is 10.1 Å². The van der Waals surface area contributed by atoms with Crippen LogP contribution in [0.25, 0.3) is 11.4 Å². The summed E-state index contributed by atoms with van der Waals surface area (Å²) in [4.78, 5) is 6.44. The van der Waals surface area contributed by atoms with Crippen LogP contribution in [0.3, 0.4) is 0 Å². The molecule has 6 heteroatoms. The molecular weight excluding hydrogens is 246 g/mol. The molecule has 0 N–H and O–H groups in total. The number of morpholine rings is 1. The number of benzene rings is 1. The second-order valence-corrected chi connectivity index (χ2v) is 4.23. The molecule has 100 valence electrons. The summed E-state index contributed by atoms with van der Waals surface area (Å²) in [5.74, 6) is 1.34. The number of aromatic nitrogens is 2. The average Bonchev–Trinajstić information content (AvgIpc) is 2.98. The largest absolute Gasteiger partial charge is 0.497 e. The minimum Gasteiger partial charge on any atom is -0.497 e. The monoisotopic (exact) mass is 261 g/mol. The van der Waals surface area contributed by atoms with Gasteiger partial charge in [0.15, 0.2) is 0 Å². The number of hydrogen-bond acceptors (Lipinski definition) is 6. The van der Waals surface area contributed by atoms with Crippen molar-refractivity contribution in [3.63, 3.8) is 0 Å². The molecule has 0 saturated carbocycles. The first kappa shape index (κ1) is 12.0. The lowest BCUT2D eigenvalue weighted by Gasteiger charge is -2.24. The van der Waals surface area contributed by atoms with Crippen molar-refractivity contribution in [2.24, 2.45) is 0 Å². The molecule has 0 bridgehead atoms. The summed E-state index contributed by atoms with van der Waals surface area (Å²) >= 11 is 0. The highest BCUT2D eigenvalue weighted by atomic mass is 16.5. The molecule has 0 radical (unpaired) electrons. The van der Waals surface area contributed by atoms with Crippen LogP contribution in [0, 0.1) is 0 Å². The van der Waals surface area contributed by atoms with E-state index in [9.17, 15) is 0 Å². The fourth-order valence-corrected chi connectivity index (χ4v) is 1.98. The van der Waals surface area contributed by atoms with Gasteiger partial charge in [-0.3, -0.25) is 0 Å². The number of nitrogens with zero attached hydrogens (tertiary/aromatic N) is 3. The van der Waals surface area contributed by atoms with Gasteiger partial charge in [-0.15, -0.1) is 0 Å². The Bertz CT molecular complexity index is 550. The fraction of sp³-hybridized carbons (Fsp3) is 0.385. The summed E-state index contributed by atoms with van der Waals surface area (Å²) in [7, 11) is 1.63. The highest BCUT2D eigenvalue weighted by Gasteiger charge is 2.18. The molecule has 0 atom stereocenters. The minimum absolute atomic E-state index is 0.543. The molecule has 6 nitrogen and oxygen atoms in total. The van der Waals surface area contributed by atoms with Gasteiger partial charge in [0, 0.05) is 18.7 Å². The lowest BCUT2D eigenvalue weighted by atomic mass is 10.2. The van der Waals surface area contributed by atoms with E-state index in [1.54, 1.807) is 7.11 Å². The summed E-state index contributed by atoms with van der Waals surface area (Å²) < 4.78 is 15.8. The van der Waals surface area contributed by atoms with Crippen molar-refractivity contribution in [3.8, 4) is 17.1 Å². The van der Waals surface area contributed by atoms with E-state index in [1.807, 2.05) is 29.2 Å². The Kier molecular flexibility index (Phi) is 3.33. The zero-order chi connectivity index (χ0) is 13.1. The highest BCUT2D eigenvalue weighted by Crippen LogP contribution is 2.23. The van der Waals surface area contributed by atoms with E-state index < -0.39 is 0 Å². The van der Waals surface area contributed by atoms with E-state index in [1.165, 1.54) is 0 Å². The lowest BCUT2D eigenvalue weighted by Crippen LogP contribution is -2.36. The van der Waals surface area contributed by atoms with Gasteiger partial charge in [-0.2, -0.15) is 4.98 Å². The van der Waals surface area contributed by atoms with Gasteiger partial charge in [0.25, 0.3) is 0 Å². The first-order valence-corrected chi connectivity index (χ1v) is 6.17. The molecule has 2 aromatic rings. The Morgan fingerprint density at radius 3 is 2.89 bits per heavy atom. The third kappa shape index (κ3) is 2.53. The number of methoxy groups -OCH3 is 1. The van der Waals surface area contributed by atoms with Gasteiger partial charge in [-0.25, -0.2) is 0 Å². The second kappa shape index (κ2) is 5.27. The zero-order valence-corrected chi connectivity index (χ0v) is 10.7. The fourth-order valence-electron chi connectivity index (χ4n) is 1.98. The summed E-state index contributed by atoms with van der Waals surface area (Å²) in [6.45, 7) is 2.94. The first-order chi connectivity index (χ1) is 9.36. The number of rotatable bonds is 3. The Balaban J connectivity index is 1.83. The molecule has 0 spiro atoms. The molecular formula is C13H15N3O3. The van der Waals surface area contributed by atoms with E-state index in [0.29, 0.717) is 25.1 Å². The van der Waals surface area contributed by atoms with Crippen LogP contribution >= 0.6 is 0 Å². The number of hydrogen-bond donors (Lipinski definition) is 0. The maximum absolute atomic E-state index is 5.30. The van der Waals surface area contributed by atoms with Crippen LogP contribution in [0.5, 0.6) is 5.75 Å². The lowest BCUT2D eigenvalue weighted by molar-refractivity contribution is 0.119. The molecule has 1 fully saturated rings. The van der Waals surface area contributed by atoms with Crippen molar-refractivity contribution in [2.75, 3.05) is 38.3 Å².